The molecule has 4 rings (SSSR count). The largest absolute Gasteiger partial charge is 0.487 e. The quantitative estimate of drug-likeness (QED) is 0.415. The van der Waals surface area contributed by atoms with E-state index in [9.17, 15) is 4.79 Å². The molecule has 11 heteroatoms. The van der Waals surface area contributed by atoms with E-state index in [1.807, 2.05) is 36.4 Å². The summed E-state index contributed by atoms with van der Waals surface area (Å²) in [5.41, 5.74) is 2.67. The molecule has 0 aromatic heterocycles. The number of rotatable bonds is 5. The molecule has 45 heavy (non-hydrogen) atoms. The third kappa shape index (κ3) is 12.6. The molecule has 0 saturated heterocycles. The molecule has 0 amide bonds. The molecule has 0 atom stereocenters. The van der Waals surface area contributed by atoms with Crippen LogP contribution in [-0.4, -0.2) is 92.4 Å². The number of hydrogen-bond acceptors (Lipinski definition) is 11. The van der Waals surface area contributed by atoms with Crippen molar-refractivity contribution in [2.75, 3.05) is 86.4 Å². The molecular formula is C34H43NO10. The first-order valence-electron chi connectivity index (χ1n) is 15.1. The first-order valence-corrected chi connectivity index (χ1v) is 15.1. The van der Waals surface area contributed by atoms with Gasteiger partial charge in [0.05, 0.1) is 65.5 Å². The summed E-state index contributed by atoms with van der Waals surface area (Å²) in [4.78, 5) is 12.0. The summed E-state index contributed by atoms with van der Waals surface area (Å²) in [5.74, 6) is 1.75. The second kappa shape index (κ2) is 20.2. The van der Waals surface area contributed by atoms with Crippen LogP contribution < -0.4 is 24.3 Å². The molecule has 1 aliphatic rings. The Hall–Kier alpha value is -3.87. The van der Waals surface area contributed by atoms with Gasteiger partial charge in [0.15, 0.2) is 23.0 Å². The highest BCUT2D eigenvalue weighted by Gasteiger charge is 2.13. The zero-order valence-electron chi connectivity index (χ0n) is 25.8. The molecule has 1 heterocycles. The summed E-state index contributed by atoms with van der Waals surface area (Å²) in [6.45, 7) is 5.83. The van der Waals surface area contributed by atoms with Gasteiger partial charge in [-0.3, -0.25) is 0 Å². The second-order valence-electron chi connectivity index (χ2n) is 9.87. The number of fused-ring (bicyclic) bond motifs is 2. The van der Waals surface area contributed by atoms with Gasteiger partial charge >= 0.3 is 5.97 Å². The fraction of sp³-hybridized carbons (Fsp3) is 0.441. The molecule has 0 radical (unpaired) electrons. The van der Waals surface area contributed by atoms with Crippen molar-refractivity contribution < 1.29 is 47.4 Å². The van der Waals surface area contributed by atoms with Crippen LogP contribution in [0, 0.1) is 0 Å². The third-order valence-electron chi connectivity index (χ3n) is 6.56. The van der Waals surface area contributed by atoms with Gasteiger partial charge in [-0.05, 0) is 41.5 Å². The Labute approximate surface area is 264 Å². The minimum atomic E-state index is -0.461. The number of benzene rings is 3. The monoisotopic (exact) mass is 625 g/mol. The number of carbonyl (C=O) groups is 1. The van der Waals surface area contributed by atoms with Gasteiger partial charge in [0.1, 0.15) is 26.4 Å². The van der Waals surface area contributed by atoms with Crippen molar-refractivity contribution in [2.24, 2.45) is 0 Å². The zero-order valence-corrected chi connectivity index (χ0v) is 25.8. The maximum atomic E-state index is 12.0. The molecular weight excluding hydrogens is 582 g/mol. The Bertz CT molecular complexity index is 1270. The summed E-state index contributed by atoms with van der Waals surface area (Å²) < 4.78 is 51.2. The number of esters is 1. The van der Waals surface area contributed by atoms with Crippen molar-refractivity contribution in [3.63, 3.8) is 0 Å². The highest BCUT2D eigenvalue weighted by atomic mass is 16.6. The Morgan fingerprint density at radius 3 is 1.58 bits per heavy atom. The smallest absolute Gasteiger partial charge is 0.337 e. The van der Waals surface area contributed by atoms with Crippen LogP contribution in [0.4, 0.5) is 0 Å². The molecule has 0 bridgehead atoms. The van der Waals surface area contributed by atoms with E-state index in [4.69, 9.17) is 42.6 Å². The Morgan fingerprint density at radius 2 is 1.02 bits per heavy atom. The zero-order chi connectivity index (χ0) is 31.4. The fourth-order valence-corrected chi connectivity index (χ4v) is 4.31. The molecule has 1 N–H and O–H groups in total. The Balaban J connectivity index is 1.27. The van der Waals surface area contributed by atoms with Crippen LogP contribution >= 0.6 is 0 Å². The van der Waals surface area contributed by atoms with Crippen LogP contribution in [0.2, 0.25) is 0 Å². The highest BCUT2D eigenvalue weighted by molar-refractivity contribution is 5.90. The lowest BCUT2D eigenvalue weighted by Gasteiger charge is -2.16. The predicted molar refractivity (Wildman–Crippen MR) is 166 cm³/mol. The SMILES string of the molecule is COC(=O)c1ccc2c(c1)OCCOCCOCCOc1ccc(CNCc3ccccc3)cc1OCCOCCOCCO2. The number of carbonyl (C=O) groups excluding carboxylic acids is 1. The average molecular weight is 626 g/mol. The van der Waals surface area contributed by atoms with Gasteiger partial charge < -0.3 is 47.9 Å². The first kappa shape index (κ1) is 34.0. The van der Waals surface area contributed by atoms with Gasteiger partial charge in [0, 0.05) is 13.1 Å². The van der Waals surface area contributed by atoms with Crippen molar-refractivity contribution in [2.45, 2.75) is 13.1 Å². The molecule has 1 aliphatic heterocycles. The van der Waals surface area contributed by atoms with Crippen LogP contribution in [0.25, 0.3) is 0 Å². The first-order chi connectivity index (χ1) is 22.2. The fourth-order valence-electron chi connectivity index (χ4n) is 4.31. The van der Waals surface area contributed by atoms with Gasteiger partial charge in [-0.15, -0.1) is 0 Å². The molecule has 0 fully saturated rings. The minimum Gasteiger partial charge on any atom is -0.487 e. The summed E-state index contributed by atoms with van der Waals surface area (Å²) >= 11 is 0. The van der Waals surface area contributed by atoms with Crippen molar-refractivity contribution in [3.05, 3.63) is 83.4 Å². The minimum absolute atomic E-state index is 0.262. The number of methoxy groups -OCH3 is 1. The standard InChI is InChI=1S/C34H43NO10/c1-37-34(36)29-8-10-31-33(24-29)45-22-18-41-14-12-38-15-19-42-30-9-7-28(26-35-25-27-5-3-2-4-6-27)23-32(30)44-21-17-40-13-11-39-16-20-43-31/h2-10,23-24,35H,11-22,25-26H2,1H3. The van der Waals surface area contributed by atoms with E-state index in [0.29, 0.717) is 108 Å². The lowest BCUT2D eigenvalue weighted by Crippen LogP contribution is -2.16. The maximum absolute atomic E-state index is 12.0. The van der Waals surface area contributed by atoms with E-state index in [0.717, 1.165) is 12.1 Å². The van der Waals surface area contributed by atoms with E-state index >= 15 is 0 Å². The Morgan fingerprint density at radius 1 is 0.556 bits per heavy atom. The van der Waals surface area contributed by atoms with Crippen molar-refractivity contribution in [1.29, 1.82) is 0 Å². The van der Waals surface area contributed by atoms with Gasteiger partial charge in [-0.1, -0.05) is 36.4 Å². The van der Waals surface area contributed by atoms with E-state index in [1.54, 1.807) is 18.2 Å². The van der Waals surface area contributed by atoms with Crippen molar-refractivity contribution in [3.8, 4) is 23.0 Å². The molecule has 0 unspecified atom stereocenters. The summed E-state index contributed by atoms with van der Waals surface area (Å²) in [6.07, 6.45) is 0. The van der Waals surface area contributed by atoms with Crippen molar-refractivity contribution >= 4 is 5.97 Å². The van der Waals surface area contributed by atoms with Crippen LogP contribution in [-0.2, 0) is 36.8 Å². The number of hydrogen-bond donors (Lipinski definition) is 1. The molecule has 3 aromatic carbocycles. The Kier molecular flexibility index (Phi) is 15.3. The van der Waals surface area contributed by atoms with Gasteiger partial charge in [0.25, 0.3) is 0 Å². The van der Waals surface area contributed by atoms with E-state index in [-0.39, 0.29) is 6.61 Å². The predicted octanol–water partition coefficient (Wildman–Crippen LogP) is 4.06. The van der Waals surface area contributed by atoms with Gasteiger partial charge in [-0.2, -0.15) is 0 Å². The topological polar surface area (TPSA) is 112 Å². The van der Waals surface area contributed by atoms with Gasteiger partial charge in [-0.25, -0.2) is 4.79 Å². The third-order valence-corrected chi connectivity index (χ3v) is 6.56. The molecule has 244 valence electrons. The lowest BCUT2D eigenvalue weighted by molar-refractivity contribution is 0.0223. The number of nitrogens with one attached hydrogen (secondary N) is 1. The molecule has 0 aliphatic carbocycles. The molecule has 3 aromatic rings. The molecule has 11 nitrogen and oxygen atoms in total. The molecule has 0 spiro atoms. The lowest BCUT2D eigenvalue weighted by atomic mass is 10.2. The van der Waals surface area contributed by atoms with Gasteiger partial charge in [0.2, 0.25) is 0 Å². The molecule has 0 saturated carbocycles. The van der Waals surface area contributed by atoms with Crippen molar-refractivity contribution in [1.82, 2.24) is 5.32 Å². The van der Waals surface area contributed by atoms with E-state index in [2.05, 4.69) is 17.4 Å². The summed E-state index contributed by atoms with van der Waals surface area (Å²) in [6, 6.07) is 21.1. The highest BCUT2D eigenvalue weighted by Crippen LogP contribution is 2.30. The van der Waals surface area contributed by atoms with E-state index in [1.165, 1.54) is 12.7 Å². The van der Waals surface area contributed by atoms with Crippen LogP contribution in [0.1, 0.15) is 21.5 Å². The maximum Gasteiger partial charge on any atom is 0.337 e. The van der Waals surface area contributed by atoms with Crippen LogP contribution in [0.5, 0.6) is 23.0 Å². The van der Waals surface area contributed by atoms with E-state index < -0.39 is 5.97 Å². The summed E-state index contributed by atoms with van der Waals surface area (Å²) in [5, 5.41) is 3.47. The van der Waals surface area contributed by atoms with Crippen LogP contribution in [0.3, 0.4) is 0 Å². The summed E-state index contributed by atoms with van der Waals surface area (Å²) in [7, 11) is 1.33. The normalized spacial score (nSPS) is 16.2. The van der Waals surface area contributed by atoms with Crippen LogP contribution in [0.15, 0.2) is 66.7 Å². The number of ether oxygens (including phenoxy) is 9. The second-order valence-corrected chi connectivity index (χ2v) is 9.87. The average Bonchev–Trinajstić information content (AvgIpc) is 3.07.